The first kappa shape index (κ1) is 36.1. The average molecular weight is 701 g/mol. The molecule has 52 heavy (non-hydrogen) atoms. The number of nitrogens with zero attached hydrogens (tertiary/aromatic N) is 4. The summed E-state index contributed by atoms with van der Waals surface area (Å²) < 4.78 is 0. The Morgan fingerprint density at radius 1 is 0.462 bits per heavy atom. The minimum atomic E-state index is -1.41. The van der Waals surface area contributed by atoms with Crippen LogP contribution in [0.25, 0.3) is 55.1 Å². The summed E-state index contributed by atoms with van der Waals surface area (Å²) >= 11 is 5.61. The van der Waals surface area contributed by atoms with Crippen molar-refractivity contribution in [1.82, 2.24) is 19.9 Å². The molecule has 256 valence electrons. The number of hydrogen-bond donors (Lipinski definition) is 2. The van der Waals surface area contributed by atoms with E-state index in [0.29, 0.717) is 10.6 Å². The van der Waals surface area contributed by atoms with E-state index >= 15 is 0 Å². The molecule has 0 saturated heterocycles. The molecule has 0 amide bonds. The van der Waals surface area contributed by atoms with Gasteiger partial charge in [0.2, 0.25) is 0 Å². The Morgan fingerprint density at radius 3 is 1.35 bits per heavy atom. The summed E-state index contributed by atoms with van der Waals surface area (Å²) in [7, 11) is -1.41. The van der Waals surface area contributed by atoms with Crippen LogP contribution in [0, 0.1) is 27.7 Å². The molecule has 0 aliphatic heterocycles. The molecule has 8 aromatic rings. The monoisotopic (exact) mass is 700 g/mol. The zero-order valence-corrected chi connectivity index (χ0v) is 30.3. The van der Waals surface area contributed by atoms with Crippen LogP contribution in [0.4, 0.5) is 0 Å². The van der Waals surface area contributed by atoms with Gasteiger partial charge in [0, 0.05) is 18.0 Å². The Kier molecular flexibility index (Phi) is 11.5. The number of aryl methyl sites for hydroxylation is 4. The van der Waals surface area contributed by atoms with Crippen molar-refractivity contribution in [3.8, 4) is 33.5 Å². The van der Waals surface area contributed by atoms with Gasteiger partial charge in [0.1, 0.15) is 5.15 Å². The van der Waals surface area contributed by atoms with Gasteiger partial charge < -0.3 is 10.0 Å². The van der Waals surface area contributed by atoms with Crippen LogP contribution in [0.15, 0.2) is 146 Å². The van der Waals surface area contributed by atoms with E-state index in [9.17, 15) is 0 Å². The highest BCUT2D eigenvalue weighted by Crippen LogP contribution is 2.28. The smallest absolute Gasteiger partial charge is 0.423 e. The van der Waals surface area contributed by atoms with Gasteiger partial charge in [-0.15, -0.1) is 0 Å². The Labute approximate surface area is 309 Å². The first-order valence-corrected chi connectivity index (χ1v) is 17.3. The number of rotatable bonds is 4. The summed E-state index contributed by atoms with van der Waals surface area (Å²) in [6.07, 6.45) is 3.47. The molecule has 2 heterocycles. The van der Waals surface area contributed by atoms with Gasteiger partial charge >= 0.3 is 7.12 Å². The van der Waals surface area contributed by atoms with Crippen molar-refractivity contribution in [2.45, 2.75) is 27.7 Å². The summed E-state index contributed by atoms with van der Waals surface area (Å²) in [5, 5.41) is 23.6. The molecule has 2 N–H and O–H groups in total. The summed E-state index contributed by atoms with van der Waals surface area (Å²) in [5.41, 5.74) is 10.8. The maximum absolute atomic E-state index is 9.08. The van der Waals surface area contributed by atoms with Crippen molar-refractivity contribution in [3.63, 3.8) is 0 Å². The van der Waals surface area contributed by atoms with Crippen LogP contribution in [-0.4, -0.2) is 37.1 Å². The molecule has 0 spiro atoms. The highest BCUT2D eigenvalue weighted by Gasteiger charge is 2.10. The zero-order valence-electron chi connectivity index (χ0n) is 29.5. The molecule has 0 aliphatic rings. The maximum Gasteiger partial charge on any atom is 0.488 e. The van der Waals surface area contributed by atoms with Crippen molar-refractivity contribution >= 4 is 45.7 Å². The Balaban J connectivity index is 0.000000147. The van der Waals surface area contributed by atoms with Crippen molar-refractivity contribution in [2.75, 3.05) is 0 Å². The summed E-state index contributed by atoms with van der Waals surface area (Å²) in [6, 6.07) is 45.4. The number of benzene rings is 6. The third kappa shape index (κ3) is 8.95. The topological polar surface area (TPSA) is 92.0 Å². The van der Waals surface area contributed by atoms with Gasteiger partial charge in [-0.25, -0.2) is 4.98 Å². The predicted molar refractivity (Wildman–Crippen MR) is 216 cm³/mol. The Morgan fingerprint density at radius 2 is 0.885 bits per heavy atom. The average Bonchev–Trinajstić information content (AvgIpc) is 3.17. The minimum absolute atomic E-state index is 0.487. The number of fused-ring (bicyclic) bond motifs is 2. The second-order valence-corrected chi connectivity index (χ2v) is 12.9. The van der Waals surface area contributed by atoms with Gasteiger partial charge in [-0.05, 0) is 89.1 Å². The van der Waals surface area contributed by atoms with E-state index < -0.39 is 7.12 Å². The van der Waals surface area contributed by atoms with E-state index in [1.54, 1.807) is 18.3 Å². The van der Waals surface area contributed by atoms with Gasteiger partial charge in [-0.3, -0.25) is 15.0 Å². The van der Waals surface area contributed by atoms with Crippen LogP contribution in [0.1, 0.15) is 22.8 Å². The van der Waals surface area contributed by atoms with E-state index in [4.69, 9.17) is 21.6 Å². The molecule has 0 atom stereocenters. The quantitative estimate of drug-likeness (QED) is 0.178. The van der Waals surface area contributed by atoms with Gasteiger partial charge in [0.25, 0.3) is 0 Å². The lowest BCUT2D eigenvalue weighted by molar-refractivity contribution is 0.426. The van der Waals surface area contributed by atoms with E-state index in [0.717, 1.165) is 45.2 Å². The van der Waals surface area contributed by atoms with Crippen molar-refractivity contribution in [3.05, 3.63) is 174 Å². The lowest BCUT2D eigenvalue weighted by Crippen LogP contribution is -2.29. The fourth-order valence-corrected chi connectivity index (χ4v) is 5.96. The Bertz CT molecular complexity index is 2450. The van der Waals surface area contributed by atoms with E-state index in [-0.39, 0.29) is 0 Å². The highest BCUT2D eigenvalue weighted by molar-refractivity contribution is 6.58. The molecule has 6 aromatic carbocycles. The normalized spacial score (nSPS) is 10.6. The van der Waals surface area contributed by atoms with Crippen LogP contribution < -0.4 is 5.46 Å². The molecule has 2 aromatic heterocycles. The standard InChI is InChI=1S/C22H18N2.C16H13BO2.C6H7ClN2/c1-15-14-23-22(16(2)24-15)19-10-7-18(8-11-19)21-12-9-17-5-3-4-6-20(17)13-21;18-17(19)16-9-7-13(8-10-16)15-6-5-12-3-1-2-4-14(12)11-15;1-4-3-8-6(7)5(2)9-4/h3-14H,1-2H3;1-11,18-19H;3H,1-2H3. The fraction of sp³-hybridized carbons (Fsp3) is 0.0909. The molecular formula is C44H38BClN4O2. The molecule has 6 nitrogen and oxygen atoms in total. The van der Waals surface area contributed by atoms with E-state index in [2.05, 4.69) is 117 Å². The molecule has 0 saturated carbocycles. The Hall–Kier alpha value is -5.73. The fourth-order valence-electron chi connectivity index (χ4n) is 5.87. The maximum atomic E-state index is 9.08. The lowest BCUT2D eigenvalue weighted by atomic mass is 9.80. The molecule has 0 bridgehead atoms. The van der Waals surface area contributed by atoms with Gasteiger partial charge in [-0.2, -0.15) is 0 Å². The third-order valence-electron chi connectivity index (χ3n) is 8.61. The summed E-state index contributed by atoms with van der Waals surface area (Å²) in [6.45, 7) is 7.69. The van der Waals surface area contributed by atoms with Crippen LogP contribution in [0.3, 0.4) is 0 Å². The number of hydrogen-bond acceptors (Lipinski definition) is 6. The van der Waals surface area contributed by atoms with Crippen LogP contribution in [0.5, 0.6) is 0 Å². The number of halogens is 1. The molecule has 8 rings (SSSR count). The first-order valence-electron chi connectivity index (χ1n) is 17.0. The van der Waals surface area contributed by atoms with Gasteiger partial charge in [0.05, 0.1) is 28.5 Å². The van der Waals surface area contributed by atoms with Crippen molar-refractivity contribution in [2.24, 2.45) is 0 Å². The zero-order chi connectivity index (χ0) is 36.6. The van der Waals surface area contributed by atoms with Gasteiger partial charge in [-0.1, -0.05) is 133 Å². The summed E-state index contributed by atoms with van der Waals surface area (Å²) in [4.78, 5) is 17.0. The van der Waals surface area contributed by atoms with Crippen LogP contribution in [0.2, 0.25) is 5.15 Å². The van der Waals surface area contributed by atoms with Crippen LogP contribution >= 0.6 is 11.6 Å². The largest absolute Gasteiger partial charge is 0.488 e. The molecular weight excluding hydrogens is 663 g/mol. The predicted octanol–water partition coefficient (Wildman–Crippen LogP) is 9.51. The third-order valence-corrected chi connectivity index (χ3v) is 8.98. The molecule has 0 radical (unpaired) electrons. The second-order valence-electron chi connectivity index (χ2n) is 12.5. The van der Waals surface area contributed by atoms with Crippen molar-refractivity contribution < 1.29 is 10.0 Å². The summed E-state index contributed by atoms with van der Waals surface area (Å²) in [5.74, 6) is 0. The van der Waals surface area contributed by atoms with E-state index in [1.807, 2.05) is 58.2 Å². The van der Waals surface area contributed by atoms with Crippen molar-refractivity contribution in [1.29, 1.82) is 0 Å². The second kappa shape index (κ2) is 16.5. The minimum Gasteiger partial charge on any atom is -0.423 e. The first-order chi connectivity index (χ1) is 25.1. The molecule has 0 unspecified atom stereocenters. The highest BCUT2D eigenvalue weighted by atomic mass is 35.5. The van der Waals surface area contributed by atoms with Crippen LogP contribution in [-0.2, 0) is 0 Å². The van der Waals surface area contributed by atoms with E-state index in [1.165, 1.54) is 32.7 Å². The molecule has 0 fully saturated rings. The van der Waals surface area contributed by atoms with Gasteiger partial charge in [0.15, 0.2) is 0 Å². The SMILES string of the molecule is Cc1cnc(-c2ccc(-c3ccc4ccccc4c3)cc2)c(C)n1.Cc1cnc(Cl)c(C)n1.OB(O)c1ccc(-c2ccc3ccccc3c2)cc1. The molecule has 0 aliphatic carbocycles. The molecule has 8 heteroatoms. The number of aromatic nitrogens is 4. The lowest BCUT2D eigenvalue weighted by Gasteiger charge is -2.08.